The van der Waals surface area contributed by atoms with Crippen LogP contribution in [0.2, 0.25) is 0 Å². The number of carbonyl (C=O) groups excluding carboxylic acids is 1. The summed E-state index contributed by atoms with van der Waals surface area (Å²) in [6.07, 6.45) is 2.83. The number of ether oxygens (including phenoxy) is 1. The number of piperidine rings is 1. The third-order valence-corrected chi connectivity index (χ3v) is 4.55. The van der Waals surface area contributed by atoms with Gasteiger partial charge in [0.05, 0.1) is 6.54 Å². The number of carbonyl (C=O) groups is 1. The van der Waals surface area contributed by atoms with Crippen molar-refractivity contribution in [2.24, 2.45) is 10.9 Å². The van der Waals surface area contributed by atoms with Crippen LogP contribution < -0.4 is 15.4 Å². The van der Waals surface area contributed by atoms with E-state index in [2.05, 4.69) is 29.5 Å². The van der Waals surface area contributed by atoms with Crippen LogP contribution >= 0.6 is 0 Å². The zero-order valence-electron chi connectivity index (χ0n) is 16.3. The molecule has 1 atom stereocenters. The fraction of sp³-hybridized carbons (Fsp3) is 0.600. The molecule has 1 aliphatic rings. The van der Waals surface area contributed by atoms with Crippen LogP contribution in [0.25, 0.3) is 0 Å². The van der Waals surface area contributed by atoms with E-state index in [1.165, 1.54) is 12.0 Å². The third kappa shape index (κ3) is 6.94. The number of guanidine groups is 1. The Bertz CT molecular complexity index is 586. The molecule has 0 radical (unpaired) electrons. The molecule has 0 bridgehead atoms. The van der Waals surface area contributed by atoms with Crippen LogP contribution in [0.4, 0.5) is 0 Å². The average Bonchev–Trinajstić information content (AvgIpc) is 2.65. The lowest BCUT2D eigenvalue weighted by Crippen LogP contribution is -2.43. The maximum atomic E-state index is 12.3. The van der Waals surface area contributed by atoms with E-state index in [-0.39, 0.29) is 5.91 Å². The summed E-state index contributed by atoms with van der Waals surface area (Å²) in [5, 5.41) is 6.39. The number of nitrogens with one attached hydrogen (secondary N) is 2. The van der Waals surface area contributed by atoms with Gasteiger partial charge in [0.15, 0.2) is 5.96 Å². The molecule has 1 amide bonds. The molecular weight excluding hydrogens is 328 g/mol. The lowest BCUT2D eigenvalue weighted by molar-refractivity contribution is -0.132. The number of aliphatic imine (C=N–C) groups is 1. The summed E-state index contributed by atoms with van der Waals surface area (Å²) in [5.41, 5.74) is 1.22. The monoisotopic (exact) mass is 360 g/mol. The highest BCUT2D eigenvalue weighted by Crippen LogP contribution is 2.15. The molecule has 6 nitrogen and oxygen atoms in total. The van der Waals surface area contributed by atoms with Gasteiger partial charge in [0.1, 0.15) is 12.4 Å². The number of amides is 1. The Kier molecular flexibility index (Phi) is 8.25. The molecular formula is C20H32N4O2. The molecule has 1 saturated heterocycles. The molecule has 1 fully saturated rings. The first-order chi connectivity index (χ1) is 12.6. The molecule has 1 aliphatic heterocycles. The molecule has 1 heterocycles. The highest BCUT2D eigenvalue weighted by atomic mass is 16.5. The summed E-state index contributed by atoms with van der Waals surface area (Å²) in [6.45, 7) is 7.83. The first kappa shape index (κ1) is 20.1. The molecule has 0 aromatic heterocycles. The van der Waals surface area contributed by atoms with Gasteiger partial charge in [0.2, 0.25) is 5.91 Å². The van der Waals surface area contributed by atoms with Gasteiger partial charge in [0.25, 0.3) is 0 Å². The van der Waals surface area contributed by atoms with Crippen LogP contribution in [0.5, 0.6) is 5.75 Å². The molecule has 2 rings (SSSR count). The van der Waals surface area contributed by atoms with Crippen LogP contribution in [0.1, 0.15) is 31.7 Å². The number of hydrogen-bond donors (Lipinski definition) is 2. The van der Waals surface area contributed by atoms with E-state index in [1.807, 2.05) is 29.2 Å². The van der Waals surface area contributed by atoms with Gasteiger partial charge in [-0.05, 0) is 37.8 Å². The Balaban J connectivity index is 1.60. The summed E-state index contributed by atoms with van der Waals surface area (Å²) in [5.74, 6) is 2.39. The number of likely N-dealkylation sites (tertiary alicyclic amines) is 1. The van der Waals surface area contributed by atoms with Crippen molar-refractivity contribution in [2.45, 2.75) is 33.1 Å². The van der Waals surface area contributed by atoms with Crippen molar-refractivity contribution in [1.82, 2.24) is 15.5 Å². The third-order valence-electron chi connectivity index (χ3n) is 4.55. The van der Waals surface area contributed by atoms with E-state index in [0.717, 1.165) is 25.3 Å². The summed E-state index contributed by atoms with van der Waals surface area (Å²) in [7, 11) is 1.73. The van der Waals surface area contributed by atoms with Crippen LogP contribution in [0.15, 0.2) is 29.3 Å². The van der Waals surface area contributed by atoms with Crippen molar-refractivity contribution < 1.29 is 9.53 Å². The van der Waals surface area contributed by atoms with Crippen LogP contribution in [-0.4, -0.2) is 56.6 Å². The molecule has 1 unspecified atom stereocenters. The molecule has 144 valence electrons. The summed E-state index contributed by atoms with van der Waals surface area (Å²) in [4.78, 5) is 18.4. The SMILES string of the molecule is CN=C(NCCOc1ccc(C)cc1)NCCC(=O)N1CCCC(C)C1. The van der Waals surface area contributed by atoms with E-state index >= 15 is 0 Å². The minimum Gasteiger partial charge on any atom is -0.492 e. The predicted molar refractivity (Wildman–Crippen MR) is 106 cm³/mol. The zero-order valence-corrected chi connectivity index (χ0v) is 16.3. The van der Waals surface area contributed by atoms with Gasteiger partial charge < -0.3 is 20.3 Å². The normalized spacial score (nSPS) is 17.7. The number of nitrogens with zero attached hydrogens (tertiary/aromatic N) is 2. The van der Waals surface area contributed by atoms with E-state index in [4.69, 9.17) is 4.74 Å². The fourth-order valence-electron chi connectivity index (χ4n) is 3.06. The predicted octanol–water partition coefficient (Wildman–Crippen LogP) is 2.19. The number of rotatable bonds is 7. The second-order valence-electron chi connectivity index (χ2n) is 6.92. The molecule has 26 heavy (non-hydrogen) atoms. The van der Waals surface area contributed by atoms with E-state index in [1.54, 1.807) is 7.05 Å². The van der Waals surface area contributed by atoms with Gasteiger partial charge in [-0.3, -0.25) is 9.79 Å². The van der Waals surface area contributed by atoms with Crippen molar-refractivity contribution in [3.63, 3.8) is 0 Å². The Morgan fingerprint density at radius 3 is 2.69 bits per heavy atom. The van der Waals surface area contributed by atoms with Crippen LogP contribution in [-0.2, 0) is 4.79 Å². The highest BCUT2D eigenvalue weighted by molar-refractivity contribution is 5.81. The van der Waals surface area contributed by atoms with Crippen molar-refractivity contribution in [2.75, 3.05) is 39.8 Å². The first-order valence-corrected chi connectivity index (χ1v) is 9.50. The van der Waals surface area contributed by atoms with Crippen molar-refractivity contribution in [3.8, 4) is 5.75 Å². The second kappa shape index (κ2) is 10.7. The molecule has 1 aromatic carbocycles. The fourth-order valence-corrected chi connectivity index (χ4v) is 3.06. The van der Waals surface area contributed by atoms with Crippen LogP contribution in [0, 0.1) is 12.8 Å². The Morgan fingerprint density at radius 1 is 1.27 bits per heavy atom. The van der Waals surface area contributed by atoms with Crippen molar-refractivity contribution in [3.05, 3.63) is 29.8 Å². The lowest BCUT2D eigenvalue weighted by Gasteiger charge is -2.31. The molecule has 1 aromatic rings. The molecule has 0 saturated carbocycles. The minimum absolute atomic E-state index is 0.224. The number of benzene rings is 1. The summed E-state index contributed by atoms with van der Waals surface area (Å²) >= 11 is 0. The van der Waals surface area contributed by atoms with Gasteiger partial charge >= 0.3 is 0 Å². The van der Waals surface area contributed by atoms with E-state index in [0.29, 0.717) is 38.0 Å². The van der Waals surface area contributed by atoms with Gasteiger partial charge in [0, 0.05) is 33.1 Å². The average molecular weight is 361 g/mol. The summed E-state index contributed by atoms with van der Waals surface area (Å²) in [6, 6.07) is 8.00. The van der Waals surface area contributed by atoms with Gasteiger partial charge in [-0.2, -0.15) is 0 Å². The van der Waals surface area contributed by atoms with Gasteiger partial charge in [-0.25, -0.2) is 0 Å². The molecule has 6 heteroatoms. The van der Waals surface area contributed by atoms with Crippen molar-refractivity contribution >= 4 is 11.9 Å². The largest absolute Gasteiger partial charge is 0.492 e. The maximum absolute atomic E-state index is 12.3. The Morgan fingerprint density at radius 2 is 2.00 bits per heavy atom. The van der Waals surface area contributed by atoms with Gasteiger partial charge in [-0.1, -0.05) is 24.6 Å². The molecule has 2 N–H and O–H groups in total. The molecule has 0 spiro atoms. The highest BCUT2D eigenvalue weighted by Gasteiger charge is 2.20. The topological polar surface area (TPSA) is 66.0 Å². The van der Waals surface area contributed by atoms with E-state index < -0.39 is 0 Å². The quantitative estimate of drug-likeness (QED) is 0.444. The Hall–Kier alpha value is -2.24. The maximum Gasteiger partial charge on any atom is 0.224 e. The Labute approximate surface area is 157 Å². The molecule has 0 aliphatic carbocycles. The second-order valence-corrected chi connectivity index (χ2v) is 6.92. The summed E-state index contributed by atoms with van der Waals surface area (Å²) < 4.78 is 5.68. The number of hydrogen-bond acceptors (Lipinski definition) is 3. The van der Waals surface area contributed by atoms with Crippen LogP contribution in [0.3, 0.4) is 0 Å². The standard InChI is InChI=1S/C20H32N4O2/c1-16-6-8-18(9-7-16)26-14-12-23-20(21-3)22-11-10-19(25)24-13-4-5-17(2)15-24/h6-9,17H,4-5,10-15H2,1-3H3,(H2,21,22,23). The van der Waals surface area contributed by atoms with Crippen molar-refractivity contribution in [1.29, 1.82) is 0 Å². The minimum atomic E-state index is 0.224. The van der Waals surface area contributed by atoms with Gasteiger partial charge in [-0.15, -0.1) is 0 Å². The lowest BCUT2D eigenvalue weighted by atomic mass is 10.00. The number of aryl methyl sites for hydroxylation is 1. The zero-order chi connectivity index (χ0) is 18.8. The van der Waals surface area contributed by atoms with E-state index in [9.17, 15) is 4.79 Å². The first-order valence-electron chi connectivity index (χ1n) is 9.50. The smallest absolute Gasteiger partial charge is 0.224 e.